The molecular weight excluding hydrogens is 408 g/mol. The van der Waals surface area contributed by atoms with Crippen molar-refractivity contribution in [2.45, 2.75) is 109 Å². The molecule has 1 aromatic carbocycles. The normalized spacial score (nSPS) is 28.8. The van der Waals surface area contributed by atoms with Crippen molar-refractivity contribution in [3.05, 3.63) is 35.4 Å². The van der Waals surface area contributed by atoms with Crippen LogP contribution in [0.3, 0.4) is 0 Å². The fourth-order valence-electron chi connectivity index (χ4n) is 5.15. The molecule has 3 rings (SSSR count). The summed E-state index contributed by atoms with van der Waals surface area (Å²) in [5, 5.41) is 0. The second kappa shape index (κ2) is 9.16. The Morgan fingerprint density at radius 1 is 0.767 bits per heavy atom. The van der Waals surface area contributed by atoms with Gasteiger partial charge in [0.1, 0.15) is 6.10 Å². The van der Waals surface area contributed by atoms with Crippen LogP contribution in [0.5, 0.6) is 0 Å². The van der Waals surface area contributed by atoms with Crippen molar-refractivity contribution in [1.29, 1.82) is 0 Å². The first-order valence-electron chi connectivity index (χ1n) is 11.8. The number of ether oxygens (including phenoxy) is 1. The molecule has 0 bridgehead atoms. The van der Waals surface area contributed by atoms with E-state index in [4.69, 9.17) is 17.7 Å². The first-order valence-corrected chi connectivity index (χ1v) is 15.7. The summed E-state index contributed by atoms with van der Waals surface area (Å²) in [4.78, 5) is 0. The summed E-state index contributed by atoms with van der Waals surface area (Å²) in [5.74, 6) is 0. The standard InChI is InChI=1S/C24H42O4Si2/c1-16(2)29(17(3)4)25-15-24-23(27-30(28-29,18(5)6)19(7)8)14-22(26-24)21-12-10-20(9)11-13-21/h10-13,16-19,22-24H,14-15H2,1-9H3/t22-,23+,24-/m1/s1. The molecule has 4 nitrogen and oxygen atoms in total. The van der Waals surface area contributed by atoms with Crippen LogP contribution in [0.1, 0.15) is 79.0 Å². The van der Waals surface area contributed by atoms with Crippen LogP contribution in [0.4, 0.5) is 0 Å². The van der Waals surface area contributed by atoms with E-state index in [-0.39, 0.29) is 18.3 Å². The topological polar surface area (TPSA) is 36.9 Å². The van der Waals surface area contributed by atoms with Gasteiger partial charge in [-0.15, -0.1) is 0 Å². The minimum Gasteiger partial charge on any atom is -0.414 e. The third-order valence-electron chi connectivity index (χ3n) is 7.00. The molecule has 2 heterocycles. The fraction of sp³-hybridized carbons (Fsp3) is 0.750. The van der Waals surface area contributed by atoms with Gasteiger partial charge in [0, 0.05) is 6.42 Å². The molecule has 0 spiro atoms. The van der Waals surface area contributed by atoms with Gasteiger partial charge >= 0.3 is 17.1 Å². The molecule has 0 amide bonds. The van der Waals surface area contributed by atoms with Crippen LogP contribution >= 0.6 is 0 Å². The molecular formula is C24H42O4Si2. The summed E-state index contributed by atoms with van der Waals surface area (Å²) in [6, 6.07) is 8.70. The SMILES string of the molecule is Cc1ccc([C@H]2C[C@@H]3O[Si](C(C)C)(C(C)C)O[Si](C(C)C)(C(C)C)OC[C@H]3O2)cc1. The highest BCUT2D eigenvalue weighted by Crippen LogP contribution is 2.48. The molecule has 6 heteroatoms. The zero-order chi connectivity index (χ0) is 22.3. The van der Waals surface area contributed by atoms with E-state index in [2.05, 4.69) is 86.6 Å². The van der Waals surface area contributed by atoms with E-state index in [1.54, 1.807) is 0 Å². The number of aryl methyl sites for hydroxylation is 1. The Balaban J connectivity index is 1.98. The molecule has 2 aliphatic heterocycles. The van der Waals surface area contributed by atoms with Gasteiger partial charge in [-0.05, 0) is 34.7 Å². The molecule has 0 saturated carbocycles. The van der Waals surface area contributed by atoms with E-state index >= 15 is 0 Å². The van der Waals surface area contributed by atoms with Gasteiger partial charge in [0.2, 0.25) is 0 Å². The van der Waals surface area contributed by atoms with Gasteiger partial charge in [0.05, 0.1) is 18.8 Å². The maximum Gasteiger partial charge on any atom is 0.335 e. The minimum atomic E-state index is -2.55. The molecule has 3 atom stereocenters. The van der Waals surface area contributed by atoms with Crippen LogP contribution < -0.4 is 0 Å². The lowest BCUT2D eigenvalue weighted by Crippen LogP contribution is -2.65. The predicted molar refractivity (Wildman–Crippen MR) is 127 cm³/mol. The van der Waals surface area contributed by atoms with Crippen molar-refractivity contribution in [3.8, 4) is 0 Å². The Hall–Kier alpha value is -0.506. The Morgan fingerprint density at radius 2 is 1.30 bits per heavy atom. The van der Waals surface area contributed by atoms with Gasteiger partial charge in [-0.3, -0.25) is 0 Å². The van der Waals surface area contributed by atoms with E-state index < -0.39 is 17.1 Å². The Morgan fingerprint density at radius 3 is 1.80 bits per heavy atom. The monoisotopic (exact) mass is 450 g/mol. The fourth-order valence-corrected chi connectivity index (χ4v) is 16.4. The van der Waals surface area contributed by atoms with Crippen LogP contribution in [-0.4, -0.2) is 35.9 Å². The van der Waals surface area contributed by atoms with Crippen molar-refractivity contribution >= 4 is 17.1 Å². The highest BCUT2D eigenvalue weighted by atomic mass is 28.5. The van der Waals surface area contributed by atoms with Crippen LogP contribution in [0.15, 0.2) is 24.3 Å². The molecule has 2 fully saturated rings. The number of rotatable bonds is 5. The van der Waals surface area contributed by atoms with Gasteiger partial charge in [0.25, 0.3) is 0 Å². The average molecular weight is 451 g/mol. The van der Waals surface area contributed by atoms with E-state index in [0.29, 0.717) is 28.8 Å². The highest BCUT2D eigenvalue weighted by Gasteiger charge is 2.60. The maximum atomic E-state index is 7.26. The molecule has 1 aromatic rings. The molecule has 0 aliphatic carbocycles. The minimum absolute atomic E-state index is 0.0269. The number of benzene rings is 1. The molecule has 2 aliphatic rings. The van der Waals surface area contributed by atoms with E-state index in [1.165, 1.54) is 11.1 Å². The first-order chi connectivity index (χ1) is 14.0. The summed E-state index contributed by atoms with van der Waals surface area (Å²) in [6.07, 6.45) is 0.919. The summed E-state index contributed by atoms with van der Waals surface area (Å²) in [5.41, 5.74) is 3.92. The van der Waals surface area contributed by atoms with Crippen molar-refractivity contribution in [2.75, 3.05) is 6.61 Å². The van der Waals surface area contributed by atoms with Gasteiger partial charge in [0.15, 0.2) is 0 Å². The highest BCUT2D eigenvalue weighted by molar-refractivity contribution is 6.83. The average Bonchev–Trinajstić information content (AvgIpc) is 3.03. The molecule has 0 radical (unpaired) electrons. The smallest absolute Gasteiger partial charge is 0.335 e. The number of fused-ring (bicyclic) bond motifs is 1. The van der Waals surface area contributed by atoms with Crippen LogP contribution in [0, 0.1) is 6.92 Å². The summed E-state index contributed by atoms with van der Waals surface area (Å²) in [7, 11) is -5.04. The zero-order valence-electron chi connectivity index (χ0n) is 20.4. The molecule has 170 valence electrons. The summed E-state index contributed by atoms with van der Waals surface area (Å²) < 4.78 is 27.7. The van der Waals surface area contributed by atoms with Crippen molar-refractivity contribution in [1.82, 2.24) is 0 Å². The van der Waals surface area contributed by atoms with Crippen molar-refractivity contribution < 1.29 is 17.7 Å². The van der Waals surface area contributed by atoms with Gasteiger partial charge in [-0.25, -0.2) is 0 Å². The van der Waals surface area contributed by atoms with Crippen molar-refractivity contribution in [2.24, 2.45) is 0 Å². The van der Waals surface area contributed by atoms with E-state index in [1.807, 2.05) is 0 Å². The number of hydrogen-bond acceptors (Lipinski definition) is 4. The van der Waals surface area contributed by atoms with Crippen molar-refractivity contribution in [3.63, 3.8) is 0 Å². The molecule has 0 unspecified atom stereocenters. The second-order valence-corrected chi connectivity index (χ2v) is 19.3. The Kier molecular flexibility index (Phi) is 7.37. The lowest BCUT2D eigenvalue weighted by atomic mass is 10.0. The third kappa shape index (κ3) is 4.36. The maximum absolute atomic E-state index is 7.26. The molecule has 0 N–H and O–H groups in total. The van der Waals surface area contributed by atoms with Gasteiger partial charge < -0.3 is 17.7 Å². The Labute approximate surface area is 186 Å². The third-order valence-corrected chi connectivity index (χ3v) is 17.3. The van der Waals surface area contributed by atoms with E-state index in [9.17, 15) is 0 Å². The molecule has 0 aromatic heterocycles. The lowest BCUT2D eigenvalue weighted by Gasteiger charge is -2.51. The van der Waals surface area contributed by atoms with Crippen LogP contribution in [0.2, 0.25) is 22.2 Å². The van der Waals surface area contributed by atoms with E-state index in [0.717, 1.165) is 6.42 Å². The zero-order valence-corrected chi connectivity index (χ0v) is 22.4. The van der Waals surface area contributed by atoms with Crippen LogP contribution in [-0.2, 0) is 17.7 Å². The number of hydrogen-bond donors (Lipinski definition) is 0. The van der Waals surface area contributed by atoms with Gasteiger partial charge in [-0.1, -0.05) is 85.2 Å². The molecule has 2 saturated heterocycles. The Bertz CT molecular complexity index is 686. The lowest BCUT2D eigenvalue weighted by molar-refractivity contribution is -0.0385. The second-order valence-electron chi connectivity index (χ2n) is 10.4. The van der Waals surface area contributed by atoms with Gasteiger partial charge in [-0.2, -0.15) is 0 Å². The summed E-state index contributed by atoms with van der Waals surface area (Å²) in [6.45, 7) is 20.8. The van der Waals surface area contributed by atoms with Crippen LogP contribution in [0.25, 0.3) is 0 Å². The molecule has 30 heavy (non-hydrogen) atoms. The predicted octanol–water partition coefficient (Wildman–Crippen LogP) is 6.78. The largest absolute Gasteiger partial charge is 0.414 e. The summed E-state index contributed by atoms with van der Waals surface area (Å²) >= 11 is 0. The quantitative estimate of drug-likeness (QED) is 0.463. The first kappa shape index (κ1) is 24.1.